The molecule has 0 saturated heterocycles. The molecule has 0 saturated carbocycles. The third-order valence-corrected chi connectivity index (χ3v) is 2.32. The van der Waals surface area contributed by atoms with Gasteiger partial charge in [0.15, 0.2) is 0 Å². The maximum atomic E-state index is 11.6. The zero-order chi connectivity index (χ0) is 10.3. The predicted molar refractivity (Wildman–Crippen MR) is 55.5 cm³/mol. The fourth-order valence-corrected chi connectivity index (χ4v) is 1.44. The number of para-hydroxylation sites is 1. The smallest absolute Gasteiger partial charge is 0.249 e. The molecule has 3 N–H and O–H groups in total. The average Bonchev–Trinajstić information content (AvgIpc) is 2.09. The van der Waals surface area contributed by atoms with E-state index in [1.807, 2.05) is 0 Å². The second-order valence-electron chi connectivity index (χ2n) is 3.93. The lowest BCUT2D eigenvalue weighted by Gasteiger charge is -2.33. The van der Waals surface area contributed by atoms with Crippen LogP contribution in [0.4, 0.5) is 17.1 Å². The number of hydrogen-bond acceptors (Lipinski definition) is 2. The van der Waals surface area contributed by atoms with E-state index in [0.29, 0.717) is 17.1 Å². The van der Waals surface area contributed by atoms with E-state index in [0.717, 1.165) is 0 Å². The molecule has 14 heavy (non-hydrogen) atoms. The van der Waals surface area contributed by atoms with Crippen molar-refractivity contribution >= 4 is 23.0 Å². The summed E-state index contributed by atoms with van der Waals surface area (Å²) in [5.41, 5.74) is 8.80. The van der Waals surface area contributed by atoms with Crippen LogP contribution in [0.2, 0.25) is 0 Å². The lowest BCUT2D eigenvalue weighted by Crippen LogP contribution is -2.47. The second kappa shape index (κ2) is 2.64. The first-order chi connectivity index (χ1) is 6.50. The summed E-state index contributed by atoms with van der Waals surface area (Å²) < 4.78 is 0. The van der Waals surface area contributed by atoms with Crippen LogP contribution in [0.25, 0.3) is 0 Å². The molecule has 0 fully saturated rings. The average molecular weight is 190 g/mol. The van der Waals surface area contributed by atoms with Crippen LogP contribution in [0, 0.1) is 0 Å². The summed E-state index contributed by atoms with van der Waals surface area (Å²) in [6, 6.07) is 5.23. The third-order valence-electron chi connectivity index (χ3n) is 2.32. The van der Waals surface area contributed by atoms with Gasteiger partial charge in [0, 0.05) is 0 Å². The van der Waals surface area contributed by atoms with Crippen molar-refractivity contribution in [3.8, 4) is 0 Å². The Morgan fingerprint density at radius 1 is 1.36 bits per heavy atom. The Hall–Kier alpha value is -1.71. The molecule has 2 rings (SSSR count). The Bertz CT molecular complexity index is 398. The van der Waals surface area contributed by atoms with Crippen molar-refractivity contribution in [3.63, 3.8) is 0 Å². The molecule has 0 aliphatic carbocycles. The summed E-state index contributed by atoms with van der Waals surface area (Å²) >= 11 is 0. The van der Waals surface area contributed by atoms with Gasteiger partial charge in [-0.25, -0.2) is 0 Å². The van der Waals surface area contributed by atoms with Gasteiger partial charge in [-0.05, 0) is 26.0 Å². The van der Waals surface area contributed by atoms with E-state index in [2.05, 4.69) is 10.6 Å². The zero-order valence-electron chi connectivity index (χ0n) is 8.14. The van der Waals surface area contributed by atoms with E-state index in [-0.39, 0.29) is 5.91 Å². The zero-order valence-corrected chi connectivity index (χ0v) is 8.14. The number of amides is 1. The van der Waals surface area contributed by atoms with E-state index in [1.165, 1.54) is 0 Å². The van der Waals surface area contributed by atoms with Gasteiger partial charge in [-0.1, -0.05) is 6.07 Å². The molecule has 1 aromatic carbocycles. The first kappa shape index (κ1) is 8.87. The highest BCUT2D eigenvalue weighted by Gasteiger charge is 2.33. The van der Waals surface area contributed by atoms with Crippen molar-refractivity contribution in [2.75, 3.05) is 10.6 Å². The van der Waals surface area contributed by atoms with Crippen LogP contribution in [-0.4, -0.2) is 11.4 Å². The van der Waals surface area contributed by atoms with Gasteiger partial charge in [-0.15, -0.1) is 0 Å². The lowest BCUT2D eigenvalue weighted by molar-refractivity contribution is -0.119. The van der Waals surface area contributed by atoms with E-state index in [4.69, 9.17) is 5.73 Å². The largest absolute Gasteiger partial charge is 0.368 e. The fourth-order valence-electron chi connectivity index (χ4n) is 1.44. The lowest BCUT2D eigenvalue weighted by atomic mass is 9.99. The van der Waals surface area contributed by atoms with Gasteiger partial charge in [0.2, 0.25) is 5.91 Å². The highest BCUT2D eigenvalue weighted by Crippen LogP contribution is 2.35. The molecule has 4 nitrogen and oxygen atoms in total. The Morgan fingerprint density at radius 3 is 2.79 bits per heavy atom. The summed E-state index contributed by atoms with van der Waals surface area (Å²) in [6.45, 7) is 3.58. The number of carbonyl (C=O) groups excluding carboxylic acids is 1. The van der Waals surface area contributed by atoms with Crippen molar-refractivity contribution in [1.29, 1.82) is 0 Å². The summed E-state index contributed by atoms with van der Waals surface area (Å²) in [7, 11) is 0. The molecule has 1 aliphatic rings. The highest BCUT2D eigenvalue weighted by molar-refractivity contribution is 6.07. The molecule has 0 unspecified atom stereocenters. The number of nitrogens with one attached hydrogen (secondary N) is 3. The molecule has 0 spiro atoms. The SMILES string of the molecule is CC1(C)Nc2c([NH])cccc2NC1=O. The predicted octanol–water partition coefficient (Wildman–Crippen LogP) is 1.74. The Balaban J connectivity index is 2.51. The fraction of sp³-hybridized carbons (Fsp3) is 0.300. The topological polar surface area (TPSA) is 64.9 Å². The van der Waals surface area contributed by atoms with Crippen LogP contribution >= 0.6 is 0 Å². The number of carbonyl (C=O) groups is 1. The van der Waals surface area contributed by atoms with Gasteiger partial charge in [-0.3, -0.25) is 10.5 Å². The molecule has 4 heteroatoms. The first-order valence-corrected chi connectivity index (χ1v) is 4.45. The molecule has 1 aliphatic heterocycles. The summed E-state index contributed by atoms with van der Waals surface area (Å²) in [5, 5.41) is 5.82. The van der Waals surface area contributed by atoms with Crippen LogP contribution in [0.5, 0.6) is 0 Å². The van der Waals surface area contributed by atoms with Crippen LogP contribution < -0.4 is 16.4 Å². The monoisotopic (exact) mass is 190 g/mol. The van der Waals surface area contributed by atoms with Gasteiger partial charge in [0.25, 0.3) is 0 Å². The highest BCUT2D eigenvalue weighted by atomic mass is 16.2. The summed E-state index contributed by atoms with van der Waals surface area (Å²) in [4.78, 5) is 11.6. The molecule has 0 atom stereocenters. The van der Waals surface area contributed by atoms with Gasteiger partial charge in [0.1, 0.15) is 5.54 Å². The standard InChI is InChI=1S/C10H12N3O/c1-10(2)9(14)12-7-5-3-4-6(11)8(7)13-10/h3-5,11,13H,1-2H3,(H,12,14). The van der Waals surface area contributed by atoms with Crippen molar-refractivity contribution in [3.05, 3.63) is 18.2 Å². The molecule has 1 aromatic rings. The molecule has 0 aromatic heterocycles. The minimum Gasteiger partial charge on any atom is -0.368 e. The minimum atomic E-state index is -0.649. The van der Waals surface area contributed by atoms with E-state index >= 15 is 0 Å². The summed E-state index contributed by atoms with van der Waals surface area (Å²) in [6.07, 6.45) is 0. The van der Waals surface area contributed by atoms with Crippen LogP contribution in [0.3, 0.4) is 0 Å². The molecule has 1 amide bonds. The quantitative estimate of drug-likeness (QED) is 0.654. The van der Waals surface area contributed by atoms with Crippen LogP contribution in [-0.2, 0) is 4.79 Å². The number of anilines is 2. The maximum Gasteiger partial charge on any atom is 0.249 e. The number of rotatable bonds is 0. The van der Waals surface area contributed by atoms with Gasteiger partial charge >= 0.3 is 0 Å². The molecule has 1 radical (unpaired) electrons. The normalized spacial score (nSPS) is 18.0. The van der Waals surface area contributed by atoms with Crippen molar-refractivity contribution in [2.45, 2.75) is 19.4 Å². The van der Waals surface area contributed by atoms with Crippen molar-refractivity contribution in [2.24, 2.45) is 0 Å². The third kappa shape index (κ3) is 1.19. The van der Waals surface area contributed by atoms with Crippen molar-refractivity contribution in [1.82, 2.24) is 5.73 Å². The maximum absolute atomic E-state index is 11.6. The number of benzene rings is 1. The molecule has 73 valence electrons. The number of hydrogen-bond donors (Lipinski definition) is 2. The van der Waals surface area contributed by atoms with Gasteiger partial charge in [0.05, 0.1) is 17.1 Å². The summed E-state index contributed by atoms with van der Waals surface area (Å²) in [5.74, 6) is -0.0735. The molecular formula is C10H12N3O. The second-order valence-corrected chi connectivity index (χ2v) is 3.93. The Morgan fingerprint density at radius 2 is 2.07 bits per heavy atom. The number of fused-ring (bicyclic) bond motifs is 1. The van der Waals surface area contributed by atoms with E-state index < -0.39 is 5.54 Å². The Kier molecular flexibility index (Phi) is 1.67. The van der Waals surface area contributed by atoms with E-state index in [1.54, 1.807) is 32.0 Å². The van der Waals surface area contributed by atoms with Gasteiger partial charge in [-0.2, -0.15) is 0 Å². The molecule has 0 bridgehead atoms. The van der Waals surface area contributed by atoms with Crippen molar-refractivity contribution < 1.29 is 4.79 Å². The van der Waals surface area contributed by atoms with E-state index in [9.17, 15) is 4.79 Å². The van der Waals surface area contributed by atoms with Crippen LogP contribution in [0.15, 0.2) is 18.2 Å². The first-order valence-electron chi connectivity index (χ1n) is 4.45. The Labute approximate surface area is 82.5 Å². The molecule has 1 heterocycles. The molecular weight excluding hydrogens is 178 g/mol. The van der Waals surface area contributed by atoms with Gasteiger partial charge < -0.3 is 10.6 Å². The van der Waals surface area contributed by atoms with Crippen LogP contribution in [0.1, 0.15) is 13.8 Å². The minimum absolute atomic E-state index is 0.0735.